The number of unbranched alkanes of at least 4 members (excludes halogenated alkanes) is 1. The van der Waals surface area contributed by atoms with Gasteiger partial charge in [-0.15, -0.1) is 10.1 Å². The number of fused-ring (bicyclic) bond motifs is 1. The van der Waals surface area contributed by atoms with Crippen LogP contribution in [-0.2, 0) is 9.63 Å². The fraction of sp³-hybridized carbons (Fsp3) is 0.500. The van der Waals surface area contributed by atoms with Gasteiger partial charge in [-0.25, -0.2) is 0 Å². The maximum absolute atomic E-state index is 12.5. The standard InChI is InChI=1S/C18H21N3O7/c22-16-4-3-7-19(16)9-11-27-13-5-6-14-15(12-13)18(24)20(17(14)23)8-1-2-10-28-21(25)26/h5-6,12H,1-4,7-11H2. The lowest BCUT2D eigenvalue weighted by molar-refractivity contribution is -0.757. The van der Waals surface area contributed by atoms with Crippen molar-refractivity contribution in [2.24, 2.45) is 0 Å². The van der Waals surface area contributed by atoms with Gasteiger partial charge in [-0.1, -0.05) is 0 Å². The largest absolute Gasteiger partial charge is 0.492 e. The molecule has 2 aliphatic heterocycles. The van der Waals surface area contributed by atoms with E-state index in [1.54, 1.807) is 17.0 Å². The summed E-state index contributed by atoms with van der Waals surface area (Å²) in [6.07, 6.45) is 2.20. The summed E-state index contributed by atoms with van der Waals surface area (Å²) in [5, 5.41) is 9.23. The Morgan fingerprint density at radius 2 is 1.82 bits per heavy atom. The van der Waals surface area contributed by atoms with Gasteiger partial charge < -0.3 is 14.5 Å². The molecule has 28 heavy (non-hydrogen) atoms. The summed E-state index contributed by atoms with van der Waals surface area (Å²) in [5.74, 6) is -0.204. The number of rotatable bonds is 10. The van der Waals surface area contributed by atoms with Gasteiger partial charge in [0.2, 0.25) is 5.91 Å². The molecule has 0 saturated carbocycles. The van der Waals surface area contributed by atoms with Gasteiger partial charge in [0.25, 0.3) is 16.9 Å². The van der Waals surface area contributed by atoms with E-state index in [2.05, 4.69) is 4.84 Å². The molecule has 1 fully saturated rings. The van der Waals surface area contributed by atoms with Gasteiger partial charge in [-0.3, -0.25) is 19.3 Å². The Morgan fingerprint density at radius 3 is 2.54 bits per heavy atom. The van der Waals surface area contributed by atoms with E-state index >= 15 is 0 Å². The molecule has 1 aromatic rings. The number of likely N-dealkylation sites (tertiary alicyclic amines) is 1. The van der Waals surface area contributed by atoms with Gasteiger partial charge in [0.1, 0.15) is 12.4 Å². The highest BCUT2D eigenvalue weighted by Gasteiger charge is 2.35. The van der Waals surface area contributed by atoms with Crippen molar-refractivity contribution < 1.29 is 29.0 Å². The Bertz CT molecular complexity index is 795. The van der Waals surface area contributed by atoms with Gasteiger partial charge in [-0.2, -0.15) is 0 Å². The minimum Gasteiger partial charge on any atom is -0.492 e. The predicted molar refractivity (Wildman–Crippen MR) is 95.3 cm³/mol. The maximum atomic E-state index is 12.5. The molecule has 150 valence electrons. The van der Waals surface area contributed by atoms with Crippen LogP contribution >= 0.6 is 0 Å². The number of imide groups is 1. The number of hydrogen-bond donors (Lipinski definition) is 0. The first-order valence-corrected chi connectivity index (χ1v) is 9.15. The molecule has 10 nitrogen and oxygen atoms in total. The third-order valence-corrected chi connectivity index (χ3v) is 4.72. The number of nitrogens with zero attached hydrogens (tertiary/aromatic N) is 3. The van der Waals surface area contributed by atoms with Crippen molar-refractivity contribution in [3.63, 3.8) is 0 Å². The smallest absolute Gasteiger partial charge is 0.294 e. The third-order valence-electron chi connectivity index (χ3n) is 4.72. The summed E-state index contributed by atoms with van der Waals surface area (Å²) in [5.41, 5.74) is 0.593. The van der Waals surface area contributed by atoms with Crippen molar-refractivity contribution in [2.75, 3.05) is 32.8 Å². The Balaban J connectivity index is 1.52. The number of carbonyl (C=O) groups excluding carboxylic acids is 3. The van der Waals surface area contributed by atoms with Crippen LogP contribution in [0.3, 0.4) is 0 Å². The second-order valence-corrected chi connectivity index (χ2v) is 6.57. The molecule has 1 saturated heterocycles. The molecule has 0 N–H and O–H groups in total. The fourth-order valence-corrected chi connectivity index (χ4v) is 3.29. The zero-order chi connectivity index (χ0) is 20.1. The molecule has 3 rings (SSSR count). The molecule has 3 amide bonds. The zero-order valence-electron chi connectivity index (χ0n) is 15.3. The predicted octanol–water partition coefficient (Wildman–Crippen LogP) is 1.27. The van der Waals surface area contributed by atoms with E-state index in [0.29, 0.717) is 43.7 Å². The molecule has 0 unspecified atom stereocenters. The number of amides is 3. The normalized spacial score (nSPS) is 15.9. The summed E-state index contributed by atoms with van der Waals surface area (Å²) in [6, 6.07) is 4.73. The lowest BCUT2D eigenvalue weighted by Gasteiger charge is -2.15. The SMILES string of the molecule is O=C1CCCN1CCOc1ccc2c(c1)C(=O)N(CCCCO[N+](=O)[O-])C2=O. The first kappa shape index (κ1) is 19.6. The molecule has 2 heterocycles. The zero-order valence-corrected chi connectivity index (χ0v) is 15.3. The van der Waals surface area contributed by atoms with Crippen LogP contribution in [0.4, 0.5) is 0 Å². The lowest BCUT2D eigenvalue weighted by Crippen LogP contribution is -2.30. The van der Waals surface area contributed by atoms with Gasteiger partial charge >= 0.3 is 0 Å². The van der Waals surface area contributed by atoms with E-state index in [0.717, 1.165) is 17.9 Å². The first-order valence-electron chi connectivity index (χ1n) is 9.15. The summed E-state index contributed by atoms with van der Waals surface area (Å²) in [4.78, 5) is 53.7. The van der Waals surface area contributed by atoms with Crippen LogP contribution in [0.15, 0.2) is 18.2 Å². The van der Waals surface area contributed by atoms with Gasteiger partial charge in [0.05, 0.1) is 24.3 Å². The van der Waals surface area contributed by atoms with E-state index in [-0.39, 0.29) is 30.5 Å². The Labute approximate surface area is 161 Å². The van der Waals surface area contributed by atoms with Crippen LogP contribution in [0.25, 0.3) is 0 Å². The molecular formula is C18H21N3O7. The number of benzene rings is 1. The highest BCUT2D eigenvalue weighted by molar-refractivity contribution is 6.21. The second-order valence-electron chi connectivity index (χ2n) is 6.57. The average Bonchev–Trinajstić information content (AvgIpc) is 3.17. The highest BCUT2D eigenvalue weighted by atomic mass is 16.9. The third kappa shape index (κ3) is 4.38. The summed E-state index contributed by atoms with van der Waals surface area (Å²) >= 11 is 0. The molecule has 0 aromatic heterocycles. The van der Waals surface area contributed by atoms with E-state index in [1.807, 2.05) is 0 Å². The van der Waals surface area contributed by atoms with Crippen molar-refractivity contribution in [1.29, 1.82) is 0 Å². The first-order chi connectivity index (χ1) is 13.5. The number of ether oxygens (including phenoxy) is 1. The lowest BCUT2D eigenvalue weighted by atomic mass is 10.1. The van der Waals surface area contributed by atoms with Crippen molar-refractivity contribution in [1.82, 2.24) is 9.80 Å². The fourth-order valence-electron chi connectivity index (χ4n) is 3.29. The van der Waals surface area contributed by atoms with E-state index < -0.39 is 11.0 Å². The summed E-state index contributed by atoms with van der Waals surface area (Å²) in [7, 11) is 0. The van der Waals surface area contributed by atoms with E-state index in [4.69, 9.17) is 4.74 Å². The Morgan fingerprint density at radius 1 is 1.04 bits per heavy atom. The quantitative estimate of drug-likeness (QED) is 0.255. The van der Waals surface area contributed by atoms with Crippen molar-refractivity contribution >= 4 is 17.7 Å². The van der Waals surface area contributed by atoms with E-state index in [1.165, 1.54) is 6.07 Å². The maximum Gasteiger partial charge on any atom is 0.294 e. The summed E-state index contributed by atoms with van der Waals surface area (Å²) < 4.78 is 5.64. The molecule has 2 aliphatic rings. The summed E-state index contributed by atoms with van der Waals surface area (Å²) in [6.45, 7) is 1.63. The monoisotopic (exact) mass is 391 g/mol. The minimum atomic E-state index is -0.872. The molecular weight excluding hydrogens is 370 g/mol. The molecule has 0 spiro atoms. The van der Waals surface area contributed by atoms with Crippen molar-refractivity contribution in [2.45, 2.75) is 25.7 Å². The van der Waals surface area contributed by atoms with Crippen LogP contribution in [0.1, 0.15) is 46.4 Å². The van der Waals surface area contributed by atoms with Crippen LogP contribution in [-0.4, -0.2) is 65.5 Å². The molecule has 0 radical (unpaired) electrons. The Kier molecular flexibility index (Phi) is 6.07. The average molecular weight is 391 g/mol. The molecule has 10 heteroatoms. The van der Waals surface area contributed by atoms with Gasteiger partial charge in [0.15, 0.2) is 0 Å². The van der Waals surface area contributed by atoms with Crippen LogP contribution in [0.2, 0.25) is 0 Å². The topological polar surface area (TPSA) is 119 Å². The van der Waals surface area contributed by atoms with Crippen LogP contribution < -0.4 is 4.74 Å². The molecule has 0 aliphatic carbocycles. The minimum absolute atomic E-state index is 0.0757. The number of hydrogen-bond acceptors (Lipinski definition) is 7. The van der Waals surface area contributed by atoms with E-state index in [9.17, 15) is 24.5 Å². The highest BCUT2D eigenvalue weighted by Crippen LogP contribution is 2.27. The van der Waals surface area contributed by atoms with Crippen molar-refractivity contribution in [3.8, 4) is 5.75 Å². The van der Waals surface area contributed by atoms with Gasteiger partial charge in [-0.05, 0) is 37.5 Å². The van der Waals surface area contributed by atoms with Crippen LogP contribution in [0, 0.1) is 10.1 Å². The van der Waals surface area contributed by atoms with Crippen molar-refractivity contribution in [3.05, 3.63) is 39.4 Å². The molecule has 1 aromatic carbocycles. The van der Waals surface area contributed by atoms with Crippen LogP contribution in [0.5, 0.6) is 5.75 Å². The Hall–Kier alpha value is -3.17. The second kappa shape index (κ2) is 8.68. The molecule has 0 atom stereocenters. The van der Waals surface area contributed by atoms with Gasteiger partial charge in [0, 0.05) is 19.5 Å². The molecule has 0 bridgehead atoms. The number of carbonyl (C=O) groups is 3.